The Morgan fingerprint density at radius 3 is 2.58 bits per heavy atom. The van der Waals surface area contributed by atoms with Gasteiger partial charge in [0, 0.05) is 52.5 Å². The number of rotatable bonds is 5. The normalized spacial score (nSPS) is 17.6. The number of nitrogens with zero attached hydrogens (tertiary/aromatic N) is 4. The van der Waals surface area contributed by atoms with Crippen LogP contribution in [0.4, 0.5) is 0 Å². The molecule has 0 saturated carbocycles. The van der Waals surface area contributed by atoms with Crippen LogP contribution < -0.4 is 0 Å². The van der Waals surface area contributed by atoms with Crippen LogP contribution in [-0.4, -0.2) is 65.2 Å². The lowest BCUT2D eigenvalue weighted by Gasteiger charge is -2.34. The van der Waals surface area contributed by atoms with Crippen LogP contribution in [0.2, 0.25) is 0 Å². The first-order valence-corrected chi connectivity index (χ1v) is 6.66. The van der Waals surface area contributed by atoms with E-state index in [9.17, 15) is 4.79 Å². The average Bonchev–Trinajstić information content (AvgIpc) is 2.83. The molecule has 106 valence electrons. The summed E-state index contributed by atoms with van der Waals surface area (Å²) in [7, 11) is 3.46. The van der Waals surface area contributed by atoms with Crippen LogP contribution in [0.25, 0.3) is 0 Å². The Bertz CT molecular complexity index is 411. The molecule has 1 fully saturated rings. The number of aromatic nitrogens is 2. The minimum atomic E-state index is -0.127. The van der Waals surface area contributed by atoms with E-state index in [1.165, 1.54) is 12.8 Å². The predicted molar refractivity (Wildman–Crippen MR) is 71.6 cm³/mol. The maximum atomic E-state index is 11.1. The zero-order chi connectivity index (χ0) is 13.7. The van der Waals surface area contributed by atoms with Crippen LogP contribution in [0, 0.1) is 0 Å². The number of imidazole rings is 1. The van der Waals surface area contributed by atoms with Gasteiger partial charge in [-0.25, -0.2) is 4.98 Å². The van der Waals surface area contributed by atoms with Crippen molar-refractivity contribution >= 4 is 5.97 Å². The van der Waals surface area contributed by atoms with Gasteiger partial charge >= 0.3 is 5.97 Å². The van der Waals surface area contributed by atoms with E-state index in [1.54, 1.807) is 0 Å². The fourth-order valence-electron chi connectivity index (χ4n) is 2.29. The third kappa shape index (κ3) is 4.04. The summed E-state index contributed by atoms with van der Waals surface area (Å²) in [6, 6.07) is 0. The molecule has 19 heavy (non-hydrogen) atoms. The summed E-state index contributed by atoms with van der Waals surface area (Å²) in [6.07, 6.45) is 4.24. The number of hydrogen-bond acceptors (Lipinski definition) is 5. The molecule has 0 spiro atoms. The molecule has 1 aromatic heterocycles. The summed E-state index contributed by atoms with van der Waals surface area (Å²) in [4.78, 5) is 20.0. The summed E-state index contributed by atoms with van der Waals surface area (Å²) < 4.78 is 6.72. The van der Waals surface area contributed by atoms with Crippen LogP contribution in [-0.2, 0) is 23.1 Å². The molecule has 0 amide bonds. The Kier molecular flexibility index (Phi) is 4.93. The summed E-state index contributed by atoms with van der Waals surface area (Å²) in [6.45, 7) is 5.83. The van der Waals surface area contributed by atoms with Gasteiger partial charge in [-0.2, -0.15) is 0 Å². The number of methoxy groups -OCH3 is 1. The van der Waals surface area contributed by atoms with Crippen LogP contribution in [0.5, 0.6) is 0 Å². The van der Waals surface area contributed by atoms with Gasteiger partial charge in [-0.3, -0.25) is 9.69 Å². The first-order chi connectivity index (χ1) is 9.19. The van der Waals surface area contributed by atoms with Gasteiger partial charge < -0.3 is 14.2 Å². The molecule has 0 bridgehead atoms. The lowest BCUT2D eigenvalue weighted by atomic mass is 10.2. The van der Waals surface area contributed by atoms with Gasteiger partial charge in [0.1, 0.15) is 0 Å². The minimum Gasteiger partial charge on any atom is -0.469 e. The second-order valence-electron chi connectivity index (χ2n) is 4.94. The average molecular weight is 266 g/mol. The van der Waals surface area contributed by atoms with E-state index in [0.717, 1.165) is 39.3 Å². The summed E-state index contributed by atoms with van der Waals surface area (Å²) in [5.41, 5.74) is 1.24. The quantitative estimate of drug-likeness (QED) is 0.708. The van der Waals surface area contributed by atoms with Crippen molar-refractivity contribution in [3.63, 3.8) is 0 Å². The molecule has 0 unspecified atom stereocenters. The lowest BCUT2D eigenvalue weighted by Crippen LogP contribution is -2.46. The van der Waals surface area contributed by atoms with Crippen LogP contribution in [0.1, 0.15) is 12.1 Å². The highest BCUT2D eigenvalue weighted by molar-refractivity contribution is 5.69. The Morgan fingerprint density at radius 1 is 1.32 bits per heavy atom. The lowest BCUT2D eigenvalue weighted by molar-refractivity contribution is -0.141. The van der Waals surface area contributed by atoms with Crippen molar-refractivity contribution in [1.29, 1.82) is 0 Å². The van der Waals surface area contributed by atoms with Crippen LogP contribution >= 0.6 is 0 Å². The van der Waals surface area contributed by atoms with Gasteiger partial charge in [0.05, 0.1) is 25.6 Å². The molecular formula is C13H22N4O2. The van der Waals surface area contributed by atoms with E-state index in [4.69, 9.17) is 0 Å². The highest BCUT2D eigenvalue weighted by Gasteiger charge is 2.18. The van der Waals surface area contributed by atoms with Gasteiger partial charge in [-0.15, -0.1) is 0 Å². The van der Waals surface area contributed by atoms with Gasteiger partial charge in [-0.1, -0.05) is 0 Å². The number of carbonyl (C=O) groups is 1. The van der Waals surface area contributed by atoms with Crippen molar-refractivity contribution in [2.45, 2.75) is 13.0 Å². The molecule has 2 rings (SSSR count). The minimum absolute atomic E-state index is 0.127. The topological polar surface area (TPSA) is 50.6 Å². The monoisotopic (exact) mass is 266 g/mol. The molecule has 0 aromatic carbocycles. The fraction of sp³-hybridized carbons (Fsp3) is 0.692. The van der Waals surface area contributed by atoms with Crippen molar-refractivity contribution < 1.29 is 9.53 Å². The van der Waals surface area contributed by atoms with Crippen molar-refractivity contribution in [2.75, 3.05) is 39.8 Å². The van der Waals surface area contributed by atoms with Gasteiger partial charge in [-0.05, 0) is 0 Å². The molecule has 1 aromatic rings. The molecule has 1 saturated heterocycles. The number of piperazine rings is 1. The third-order valence-corrected chi connectivity index (χ3v) is 3.63. The number of aryl methyl sites for hydroxylation is 1. The molecule has 6 nitrogen and oxygen atoms in total. The number of esters is 1. The number of ether oxygens (including phenoxy) is 1. The van der Waals surface area contributed by atoms with Crippen molar-refractivity contribution in [1.82, 2.24) is 19.4 Å². The maximum absolute atomic E-state index is 11.1. The second-order valence-corrected chi connectivity index (χ2v) is 4.94. The van der Waals surface area contributed by atoms with E-state index >= 15 is 0 Å². The zero-order valence-electron chi connectivity index (χ0n) is 11.7. The summed E-state index contributed by atoms with van der Waals surface area (Å²) in [5, 5.41) is 0. The first-order valence-electron chi connectivity index (χ1n) is 6.66. The standard InChI is InChI=1S/C13H22N4O2/c1-15-11-14-9-12(15)10-17-7-5-16(6-8-17)4-3-13(18)19-2/h9,11H,3-8,10H2,1-2H3. The fourth-order valence-corrected chi connectivity index (χ4v) is 2.29. The Balaban J connectivity index is 1.70. The Morgan fingerprint density at radius 2 is 2.00 bits per heavy atom. The molecular weight excluding hydrogens is 244 g/mol. The molecule has 1 aliphatic rings. The zero-order valence-corrected chi connectivity index (χ0v) is 11.7. The predicted octanol–water partition coefficient (Wildman–Crippen LogP) is 0.101. The SMILES string of the molecule is COC(=O)CCN1CCN(Cc2cncn2C)CC1. The van der Waals surface area contributed by atoms with E-state index in [2.05, 4.69) is 24.1 Å². The Labute approximate surface area is 114 Å². The smallest absolute Gasteiger partial charge is 0.306 e. The number of hydrogen-bond donors (Lipinski definition) is 0. The van der Waals surface area contributed by atoms with Crippen LogP contribution in [0.15, 0.2) is 12.5 Å². The molecule has 1 aliphatic heterocycles. The van der Waals surface area contributed by atoms with Crippen molar-refractivity contribution in [3.8, 4) is 0 Å². The van der Waals surface area contributed by atoms with Crippen molar-refractivity contribution in [2.24, 2.45) is 7.05 Å². The number of carbonyl (C=O) groups excluding carboxylic acids is 1. The largest absolute Gasteiger partial charge is 0.469 e. The summed E-state index contributed by atoms with van der Waals surface area (Å²) >= 11 is 0. The summed E-state index contributed by atoms with van der Waals surface area (Å²) in [5.74, 6) is -0.127. The third-order valence-electron chi connectivity index (χ3n) is 3.63. The van der Waals surface area contributed by atoms with Crippen molar-refractivity contribution in [3.05, 3.63) is 18.2 Å². The van der Waals surface area contributed by atoms with Gasteiger partial charge in [0.15, 0.2) is 0 Å². The van der Waals surface area contributed by atoms with Gasteiger partial charge in [0.2, 0.25) is 0 Å². The maximum Gasteiger partial charge on any atom is 0.306 e. The van der Waals surface area contributed by atoms with Gasteiger partial charge in [0.25, 0.3) is 0 Å². The highest BCUT2D eigenvalue weighted by Crippen LogP contribution is 2.08. The first kappa shape index (κ1) is 14.0. The Hall–Kier alpha value is -1.40. The molecule has 0 radical (unpaired) electrons. The molecule has 0 aliphatic carbocycles. The van der Waals surface area contributed by atoms with E-state index in [1.807, 2.05) is 19.6 Å². The highest BCUT2D eigenvalue weighted by atomic mass is 16.5. The molecule has 6 heteroatoms. The van der Waals surface area contributed by atoms with E-state index in [0.29, 0.717) is 6.42 Å². The van der Waals surface area contributed by atoms with E-state index < -0.39 is 0 Å². The molecule has 0 atom stereocenters. The second kappa shape index (κ2) is 6.68. The van der Waals surface area contributed by atoms with Crippen LogP contribution in [0.3, 0.4) is 0 Å². The van der Waals surface area contributed by atoms with E-state index in [-0.39, 0.29) is 5.97 Å². The molecule has 2 heterocycles. The molecule has 0 N–H and O–H groups in total.